The van der Waals surface area contributed by atoms with Crippen LogP contribution in [0.4, 0.5) is 5.69 Å². The van der Waals surface area contributed by atoms with Crippen LogP contribution in [0.15, 0.2) is 23.0 Å². The summed E-state index contributed by atoms with van der Waals surface area (Å²) in [7, 11) is 1.54. The Kier molecular flexibility index (Phi) is 5.08. The summed E-state index contributed by atoms with van der Waals surface area (Å²) in [5.41, 5.74) is 2.05. The first-order valence-electron chi connectivity index (χ1n) is 8.21. The molecule has 1 atom stereocenters. The lowest BCUT2D eigenvalue weighted by Crippen LogP contribution is -2.23. The van der Waals surface area contributed by atoms with Crippen molar-refractivity contribution >= 4 is 23.2 Å². The lowest BCUT2D eigenvalue weighted by molar-refractivity contribution is -0.120. The summed E-state index contributed by atoms with van der Waals surface area (Å²) in [5, 5.41) is 3.34. The Balaban J connectivity index is 1.71. The Labute approximate surface area is 150 Å². The summed E-state index contributed by atoms with van der Waals surface area (Å²) < 4.78 is 5.11. The molecular formula is C18H20ClN3O3. The van der Waals surface area contributed by atoms with Gasteiger partial charge in [-0.3, -0.25) is 9.59 Å². The number of aryl methyl sites for hydroxylation is 2. The molecule has 7 heteroatoms. The number of ether oxygens (including phenoxy) is 1. The Morgan fingerprint density at radius 3 is 2.84 bits per heavy atom. The van der Waals surface area contributed by atoms with Crippen molar-refractivity contribution in [3.05, 3.63) is 50.7 Å². The van der Waals surface area contributed by atoms with Crippen LogP contribution in [0.25, 0.3) is 0 Å². The standard InChI is InChI=1S/C18H20ClN3O3/c1-10-20-15-7-4-11(3-6-13(15)18(24)21-10)17(23)22-12-5-8-16(25-2)14(19)9-12/h5,8-9,11H,3-4,6-7H2,1-2H3,(H,22,23)(H,20,21,24). The molecule has 0 saturated carbocycles. The molecule has 1 amide bonds. The van der Waals surface area contributed by atoms with E-state index in [1.54, 1.807) is 32.2 Å². The molecule has 0 bridgehead atoms. The predicted octanol–water partition coefficient (Wildman–Crippen LogP) is 2.87. The van der Waals surface area contributed by atoms with Crippen molar-refractivity contribution < 1.29 is 9.53 Å². The fraction of sp³-hybridized carbons (Fsp3) is 0.389. The lowest BCUT2D eigenvalue weighted by atomic mass is 9.98. The van der Waals surface area contributed by atoms with Gasteiger partial charge in [0.25, 0.3) is 5.56 Å². The number of hydrogen-bond donors (Lipinski definition) is 2. The van der Waals surface area contributed by atoms with Crippen molar-refractivity contribution in [3.63, 3.8) is 0 Å². The zero-order valence-corrected chi connectivity index (χ0v) is 14.9. The third-order valence-electron chi connectivity index (χ3n) is 4.48. The number of methoxy groups -OCH3 is 1. The Morgan fingerprint density at radius 1 is 1.36 bits per heavy atom. The summed E-state index contributed by atoms with van der Waals surface area (Å²) in [6.45, 7) is 1.77. The van der Waals surface area contributed by atoms with Crippen molar-refractivity contribution in [2.24, 2.45) is 5.92 Å². The Morgan fingerprint density at radius 2 is 2.12 bits per heavy atom. The maximum absolute atomic E-state index is 12.6. The zero-order chi connectivity index (χ0) is 18.0. The van der Waals surface area contributed by atoms with E-state index in [0.29, 0.717) is 53.5 Å². The molecule has 2 aromatic rings. The van der Waals surface area contributed by atoms with E-state index in [2.05, 4.69) is 15.3 Å². The molecule has 6 nitrogen and oxygen atoms in total. The van der Waals surface area contributed by atoms with E-state index in [1.807, 2.05) is 0 Å². The monoisotopic (exact) mass is 361 g/mol. The molecule has 1 unspecified atom stereocenters. The van der Waals surface area contributed by atoms with Gasteiger partial charge in [-0.1, -0.05) is 11.6 Å². The van der Waals surface area contributed by atoms with E-state index < -0.39 is 0 Å². The molecule has 25 heavy (non-hydrogen) atoms. The van der Waals surface area contributed by atoms with Gasteiger partial charge in [-0.05, 0) is 50.8 Å². The minimum atomic E-state index is -0.171. The first kappa shape index (κ1) is 17.5. The Hall–Kier alpha value is -2.34. The van der Waals surface area contributed by atoms with E-state index in [9.17, 15) is 9.59 Å². The highest BCUT2D eigenvalue weighted by Crippen LogP contribution is 2.28. The fourth-order valence-corrected chi connectivity index (χ4v) is 3.42. The van der Waals surface area contributed by atoms with Crippen LogP contribution in [0.3, 0.4) is 0 Å². The second-order valence-electron chi connectivity index (χ2n) is 6.19. The molecule has 0 radical (unpaired) electrons. The Bertz CT molecular complexity index is 863. The summed E-state index contributed by atoms with van der Waals surface area (Å²) >= 11 is 6.10. The van der Waals surface area contributed by atoms with Crippen molar-refractivity contribution in [2.75, 3.05) is 12.4 Å². The van der Waals surface area contributed by atoms with Gasteiger partial charge in [-0.15, -0.1) is 0 Å². The van der Waals surface area contributed by atoms with Gasteiger partial charge in [0.15, 0.2) is 0 Å². The molecule has 1 aliphatic rings. The molecule has 1 aliphatic carbocycles. The molecule has 0 aliphatic heterocycles. The second kappa shape index (κ2) is 7.27. The largest absolute Gasteiger partial charge is 0.495 e. The van der Waals surface area contributed by atoms with Gasteiger partial charge in [0.1, 0.15) is 11.6 Å². The minimum Gasteiger partial charge on any atom is -0.495 e. The number of H-pyrrole nitrogens is 1. The van der Waals surface area contributed by atoms with E-state index in [4.69, 9.17) is 16.3 Å². The van der Waals surface area contributed by atoms with Crippen molar-refractivity contribution in [1.82, 2.24) is 9.97 Å². The van der Waals surface area contributed by atoms with Gasteiger partial charge in [0, 0.05) is 17.2 Å². The van der Waals surface area contributed by atoms with Crippen LogP contribution >= 0.6 is 11.6 Å². The van der Waals surface area contributed by atoms with Crippen molar-refractivity contribution in [2.45, 2.75) is 32.6 Å². The third-order valence-corrected chi connectivity index (χ3v) is 4.78. The number of rotatable bonds is 3. The molecule has 0 spiro atoms. The highest BCUT2D eigenvalue weighted by atomic mass is 35.5. The first-order valence-corrected chi connectivity index (χ1v) is 8.59. The first-order chi connectivity index (χ1) is 12.0. The number of carbonyl (C=O) groups is 1. The number of nitrogens with one attached hydrogen (secondary N) is 2. The molecule has 3 rings (SSSR count). The number of anilines is 1. The number of amides is 1. The zero-order valence-electron chi connectivity index (χ0n) is 14.2. The van der Waals surface area contributed by atoms with Gasteiger partial charge in [0.2, 0.25) is 5.91 Å². The molecule has 0 fully saturated rings. The van der Waals surface area contributed by atoms with Crippen molar-refractivity contribution in [3.8, 4) is 5.75 Å². The molecule has 0 saturated heterocycles. The van der Waals surface area contributed by atoms with E-state index >= 15 is 0 Å². The smallest absolute Gasteiger partial charge is 0.254 e. The number of carbonyl (C=O) groups excluding carboxylic acids is 1. The lowest BCUT2D eigenvalue weighted by Gasteiger charge is -2.14. The predicted molar refractivity (Wildman–Crippen MR) is 96.4 cm³/mol. The van der Waals surface area contributed by atoms with E-state index in [1.165, 1.54) is 0 Å². The highest BCUT2D eigenvalue weighted by molar-refractivity contribution is 6.32. The summed E-state index contributed by atoms with van der Waals surface area (Å²) in [6.07, 6.45) is 2.47. The van der Waals surface area contributed by atoms with E-state index in [-0.39, 0.29) is 17.4 Å². The van der Waals surface area contributed by atoms with Crippen LogP contribution < -0.4 is 15.6 Å². The molecule has 132 valence electrons. The van der Waals surface area contributed by atoms with Gasteiger partial charge in [0.05, 0.1) is 17.8 Å². The SMILES string of the molecule is COc1ccc(NC(=O)C2CCc3nc(C)[nH]c(=O)c3CC2)cc1Cl. The van der Waals surface area contributed by atoms with Gasteiger partial charge >= 0.3 is 0 Å². The maximum atomic E-state index is 12.6. The summed E-state index contributed by atoms with van der Waals surface area (Å²) in [6, 6.07) is 5.14. The van der Waals surface area contributed by atoms with Crippen LogP contribution in [0.1, 0.15) is 29.9 Å². The maximum Gasteiger partial charge on any atom is 0.254 e. The highest BCUT2D eigenvalue weighted by Gasteiger charge is 2.25. The number of aromatic amines is 1. The van der Waals surface area contributed by atoms with Crippen LogP contribution in [-0.2, 0) is 17.6 Å². The molecule has 1 aromatic carbocycles. The molecular weight excluding hydrogens is 342 g/mol. The number of aromatic nitrogens is 2. The average molecular weight is 362 g/mol. The number of fused-ring (bicyclic) bond motifs is 1. The van der Waals surface area contributed by atoms with Crippen LogP contribution in [0.2, 0.25) is 5.02 Å². The topological polar surface area (TPSA) is 84.1 Å². The minimum absolute atomic E-state index is 0.0674. The third kappa shape index (κ3) is 3.85. The normalized spacial score (nSPS) is 16.7. The molecule has 1 aromatic heterocycles. The number of hydrogen-bond acceptors (Lipinski definition) is 4. The molecule has 2 N–H and O–H groups in total. The molecule has 1 heterocycles. The number of halogens is 1. The number of nitrogens with zero attached hydrogens (tertiary/aromatic N) is 1. The van der Waals surface area contributed by atoms with Crippen LogP contribution in [0.5, 0.6) is 5.75 Å². The van der Waals surface area contributed by atoms with Gasteiger partial charge in [-0.2, -0.15) is 0 Å². The fourth-order valence-electron chi connectivity index (χ4n) is 3.16. The van der Waals surface area contributed by atoms with Gasteiger partial charge in [-0.25, -0.2) is 4.98 Å². The second-order valence-corrected chi connectivity index (χ2v) is 6.60. The quantitative estimate of drug-likeness (QED) is 0.823. The van der Waals surface area contributed by atoms with E-state index in [0.717, 1.165) is 5.69 Å². The summed E-state index contributed by atoms with van der Waals surface area (Å²) in [4.78, 5) is 31.8. The van der Waals surface area contributed by atoms with Gasteiger partial charge < -0.3 is 15.0 Å². The van der Waals surface area contributed by atoms with Crippen molar-refractivity contribution in [1.29, 1.82) is 0 Å². The van der Waals surface area contributed by atoms with Crippen LogP contribution in [-0.4, -0.2) is 23.0 Å². The van der Waals surface area contributed by atoms with Crippen LogP contribution in [0, 0.1) is 12.8 Å². The summed E-state index contributed by atoms with van der Waals surface area (Å²) in [5.74, 6) is 0.932. The average Bonchev–Trinajstić information content (AvgIpc) is 2.78. The number of benzene rings is 1.